The fourth-order valence-corrected chi connectivity index (χ4v) is 0.730. The summed E-state index contributed by atoms with van der Waals surface area (Å²) in [6.45, 7) is -0.139. The second-order valence-corrected chi connectivity index (χ2v) is 2.09. The van der Waals surface area contributed by atoms with Gasteiger partial charge in [-0.25, -0.2) is 4.79 Å². The Morgan fingerprint density at radius 1 is 1.55 bits per heavy atom. The van der Waals surface area contributed by atoms with Crippen LogP contribution in [-0.2, 0) is 9.59 Å². The second kappa shape index (κ2) is 2.57. The van der Waals surface area contributed by atoms with Gasteiger partial charge in [0.2, 0.25) is 5.91 Å². The van der Waals surface area contributed by atoms with E-state index in [4.69, 9.17) is 5.11 Å². The predicted octanol–water partition coefficient (Wildman–Crippen LogP) is -1.47. The van der Waals surface area contributed by atoms with Crippen LogP contribution in [0.2, 0.25) is 0 Å². The number of aliphatic carboxylic acids is 1. The first kappa shape index (κ1) is 7.52. The van der Waals surface area contributed by atoms with Crippen LogP contribution < -0.4 is 10.6 Å². The van der Waals surface area contributed by atoms with Gasteiger partial charge in [-0.15, -0.1) is 0 Å². The van der Waals surface area contributed by atoms with Crippen molar-refractivity contribution >= 4 is 17.9 Å². The summed E-state index contributed by atoms with van der Waals surface area (Å²) in [5.74, 6) is -3.16. The van der Waals surface area contributed by atoms with Gasteiger partial charge in [-0.3, -0.25) is 14.9 Å². The molecule has 60 valence electrons. The van der Waals surface area contributed by atoms with Crippen LogP contribution in [0.3, 0.4) is 0 Å². The molecule has 11 heavy (non-hydrogen) atoms. The third-order valence-corrected chi connectivity index (χ3v) is 1.32. The van der Waals surface area contributed by atoms with E-state index in [1.54, 1.807) is 0 Å². The third kappa shape index (κ3) is 1.46. The number of amides is 3. The monoisotopic (exact) mass is 158 g/mol. The fraction of sp³-hybridized carbons (Fsp3) is 0.400. The van der Waals surface area contributed by atoms with Crippen molar-refractivity contribution < 1.29 is 19.5 Å². The van der Waals surface area contributed by atoms with Crippen LogP contribution in [0.1, 0.15) is 0 Å². The van der Waals surface area contributed by atoms with Crippen LogP contribution in [0.5, 0.6) is 0 Å². The zero-order valence-corrected chi connectivity index (χ0v) is 5.46. The fourth-order valence-electron chi connectivity index (χ4n) is 0.730. The lowest BCUT2D eigenvalue weighted by Gasteiger charge is -2.17. The summed E-state index contributed by atoms with van der Waals surface area (Å²) in [6, 6.07) is -0.646. The molecule has 0 aromatic heterocycles. The van der Waals surface area contributed by atoms with E-state index in [9.17, 15) is 14.4 Å². The van der Waals surface area contributed by atoms with Crippen LogP contribution in [-0.4, -0.2) is 29.6 Å². The highest BCUT2D eigenvalue weighted by Gasteiger charge is 2.31. The highest BCUT2D eigenvalue weighted by molar-refractivity contribution is 6.06. The van der Waals surface area contributed by atoms with Crippen molar-refractivity contribution in [1.82, 2.24) is 10.6 Å². The van der Waals surface area contributed by atoms with Gasteiger partial charge in [-0.1, -0.05) is 0 Å². The molecule has 1 fully saturated rings. The normalized spacial score (nSPS) is 23.8. The Hall–Kier alpha value is -1.59. The van der Waals surface area contributed by atoms with Gasteiger partial charge < -0.3 is 10.4 Å². The van der Waals surface area contributed by atoms with Crippen LogP contribution in [0.15, 0.2) is 0 Å². The minimum atomic E-state index is -1.23. The molecular formula is C5H6N2O4. The summed E-state index contributed by atoms with van der Waals surface area (Å²) in [6.07, 6.45) is 0. The van der Waals surface area contributed by atoms with Crippen LogP contribution in [0, 0.1) is 5.92 Å². The molecule has 1 saturated heterocycles. The molecule has 0 aliphatic carbocycles. The van der Waals surface area contributed by atoms with Gasteiger partial charge >= 0.3 is 12.0 Å². The number of nitrogens with one attached hydrogen (secondary N) is 2. The second-order valence-electron chi connectivity index (χ2n) is 2.09. The van der Waals surface area contributed by atoms with E-state index in [1.165, 1.54) is 0 Å². The van der Waals surface area contributed by atoms with Crippen LogP contribution in [0.25, 0.3) is 0 Å². The summed E-state index contributed by atoms with van der Waals surface area (Å²) >= 11 is 0. The van der Waals surface area contributed by atoms with E-state index in [2.05, 4.69) is 5.32 Å². The standard InChI is InChI=1S/C5H6N2O4/c8-3-2(4(9)10)1-6-5(11)7-3/h2H,1H2,(H,9,10)(H2,6,7,8,11)/t2-/m0/s1. The lowest BCUT2D eigenvalue weighted by atomic mass is 10.1. The van der Waals surface area contributed by atoms with Crippen LogP contribution >= 0.6 is 0 Å². The quantitative estimate of drug-likeness (QED) is 0.406. The van der Waals surface area contributed by atoms with Crippen molar-refractivity contribution in [1.29, 1.82) is 0 Å². The number of imide groups is 1. The molecule has 1 heterocycles. The van der Waals surface area contributed by atoms with Gasteiger partial charge in [0.05, 0.1) is 0 Å². The zero-order valence-electron chi connectivity index (χ0n) is 5.46. The Balaban J connectivity index is 2.65. The predicted molar refractivity (Wildman–Crippen MR) is 32.7 cm³/mol. The van der Waals surface area contributed by atoms with Crippen LogP contribution in [0.4, 0.5) is 4.79 Å². The number of hydrogen-bond donors (Lipinski definition) is 3. The number of carboxylic acids is 1. The molecule has 3 N–H and O–H groups in total. The molecule has 1 aliphatic heterocycles. The minimum Gasteiger partial charge on any atom is -0.481 e. The first-order valence-corrected chi connectivity index (χ1v) is 2.93. The maximum Gasteiger partial charge on any atom is 0.321 e. The largest absolute Gasteiger partial charge is 0.481 e. The third-order valence-electron chi connectivity index (χ3n) is 1.32. The molecule has 0 aromatic rings. The SMILES string of the molecule is O=C1NC[C@H](C(=O)O)C(=O)N1. The molecule has 1 atom stereocenters. The smallest absolute Gasteiger partial charge is 0.321 e. The van der Waals surface area contributed by atoms with E-state index in [0.29, 0.717) is 0 Å². The van der Waals surface area contributed by atoms with Gasteiger partial charge in [0.1, 0.15) is 0 Å². The van der Waals surface area contributed by atoms with E-state index in [1.807, 2.05) is 5.32 Å². The average molecular weight is 158 g/mol. The summed E-state index contributed by atoms with van der Waals surface area (Å²) in [5, 5.41) is 12.4. The molecule has 6 heteroatoms. The molecule has 0 unspecified atom stereocenters. The number of carboxylic acid groups (broad SMARTS) is 1. The summed E-state index contributed by atoms with van der Waals surface area (Å²) in [4.78, 5) is 31.4. The van der Waals surface area contributed by atoms with Crippen molar-refractivity contribution in [2.24, 2.45) is 5.92 Å². The van der Waals surface area contributed by atoms with Crippen molar-refractivity contribution in [3.05, 3.63) is 0 Å². The van der Waals surface area contributed by atoms with E-state index in [0.717, 1.165) is 0 Å². The number of carbonyl (C=O) groups is 3. The Morgan fingerprint density at radius 3 is 2.64 bits per heavy atom. The maximum absolute atomic E-state index is 10.7. The number of rotatable bonds is 1. The first-order valence-electron chi connectivity index (χ1n) is 2.93. The van der Waals surface area contributed by atoms with Gasteiger partial charge in [0, 0.05) is 6.54 Å². The van der Waals surface area contributed by atoms with E-state index < -0.39 is 23.8 Å². The molecule has 0 radical (unpaired) electrons. The highest BCUT2D eigenvalue weighted by Crippen LogP contribution is 1.98. The highest BCUT2D eigenvalue weighted by atomic mass is 16.4. The average Bonchev–Trinajstić information content (AvgIpc) is 1.85. The van der Waals surface area contributed by atoms with Gasteiger partial charge in [-0.2, -0.15) is 0 Å². The summed E-state index contributed by atoms with van der Waals surface area (Å²) in [5.41, 5.74) is 0. The van der Waals surface area contributed by atoms with Crippen molar-refractivity contribution in [3.8, 4) is 0 Å². The Kier molecular flexibility index (Phi) is 1.75. The molecule has 0 aromatic carbocycles. The number of carbonyl (C=O) groups excluding carboxylic acids is 2. The number of hydrogen-bond acceptors (Lipinski definition) is 3. The Bertz CT molecular complexity index is 225. The molecule has 1 rings (SSSR count). The minimum absolute atomic E-state index is 0.139. The molecule has 0 bridgehead atoms. The van der Waals surface area contributed by atoms with Gasteiger partial charge in [-0.05, 0) is 0 Å². The molecule has 6 nitrogen and oxygen atoms in total. The van der Waals surface area contributed by atoms with Crippen molar-refractivity contribution in [2.45, 2.75) is 0 Å². The molecule has 0 spiro atoms. The lowest BCUT2D eigenvalue weighted by Crippen LogP contribution is -2.54. The summed E-state index contributed by atoms with van der Waals surface area (Å²) in [7, 11) is 0. The summed E-state index contributed by atoms with van der Waals surface area (Å²) < 4.78 is 0. The van der Waals surface area contributed by atoms with E-state index in [-0.39, 0.29) is 6.54 Å². The molecule has 1 aliphatic rings. The number of urea groups is 1. The Labute approximate surface area is 61.6 Å². The van der Waals surface area contributed by atoms with Gasteiger partial charge in [0.15, 0.2) is 5.92 Å². The lowest BCUT2D eigenvalue weighted by molar-refractivity contribution is -0.146. The maximum atomic E-state index is 10.7. The topological polar surface area (TPSA) is 95.5 Å². The van der Waals surface area contributed by atoms with Crippen molar-refractivity contribution in [3.63, 3.8) is 0 Å². The molecule has 3 amide bonds. The zero-order chi connectivity index (χ0) is 8.43. The first-order chi connectivity index (χ1) is 5.11. The van der Waals surface area contributed by atoms with E-state index >= 15 is 0 Å². The molecule has 0 saturated carbocycles. The molecular weight excluding hydrogens is 152 g/mol. The van der Waals surface area contributed by atoms with Gasteiger partial charge in [0.25, 0.3) is 0 Å². The Morgan fingerprint density at radius 2 is 2.18 bits per heavy atom. The van der Waals surface area contributed by atoms with Crippen molar-refractivity contribution in [2.75, 3.05) is 6.54 Å².